The van der Waals surface area contributed by atoms with Crippen molar-refractivity contribution in [1.82, 2.24) is 4.98 Å². The van der Waals surface area contributed by atoms with E-state index in [4.69, 9.17) is 21.1 Å². The molecule has 1 aromatic heterocycles. The summed E-state index contributed by atoms with van der Waals surface area (Å²) in [6, 6.07) is 12.0. The van der Waals surface area contributed by atoms with Crippen LogP contribution in [0.2, 0.25) is 0 Å². The Labute approximate surface area is 123 Å². The fraction of sp³-hybridized carbons (Fsp3) is 0.312. The molecule has 4 heteroatoms. The molecule has 1 aromatic carbocycles. The van der Waals surface area contributed by atoms with Gasteiger partial charge >= 0.3 is 0 Å². The summed E-state index contributed by atoms with van der Waals surface area (Å²) in [5.41, 5.74) is 2.08. The van der Waals surface area contributed by atoms with E-state index in [-0.39, 0.29) is 0 Å². The van der Waals surface area contributed by atoms with Crippen molar-refractivity contribution >= 4 is 11.6 Å². The molecule has 1 atom stereocenters. The molecule has 0 N–H and O–H groups in total. The topological polar surface area (TPSA) is 31.4 Å². The Kier molecular flexibility index (Phi) is 4.07. The molecule has 3 rings (SSSR count). The number of hydrogen-bond acceptors (Lipinski definition) is 3. The van der Waals surface area contributed by atoms with Crippen molar-refractivity contribution in [3.05, 3.63) is 53.9 Å². The maximum absolute atomic E-state index is 5.84. The number of para-hydroxylation sites is 1. The van der Waals surface area contributed by atoms with Gasteiger partial charge in [0.1, 0.15) is 11.5 Å². The Balaban J connectivity index is 1.66. The van der Waals surface area contributed by atoms with Crippen molar-refractivity contribution in [2.45, 2.75) is 18.2 Å². The predicted molar refractivity (Wildman–Crippen MR) is 78.6 cm³/mol. The van der Waals surface area contributed by atoms with Crippen molar-refractivity contribution in [3.63, 3.8) is 0 Å². The summed E-state index contributed by atoms with van der Waals surface area (Å²) in [7, 11) is 0. The summed E-state index contributed by atoms with van der Waals surface area (Å²) in [6.45, 7) is 1.39. The van der Waals surface area contributed by atoms with E-state index < -0.39 is 0 Å². The number of benzene rings is 1. The van der Waals surface area contributed by atoms with Gasteiger partial charge in [0.25, 0.3) is 0 Å². The predicted octanol–water partition coefficient (Wildman–Crippen LogP) is 3.77. The average molecular weight is 290 g/mol. The van der Waals surface area contributed by atoms with Gasteiger partial charge in [0.15, 0.2) is 0 Å². The van der Waals surface area contributed by atoms with Gasteiger partial charge in [-0.05, 0) is 24.6 Å². The number of aromatic nitrogens is 1. The minimum Gasteiger partial charge on any atom is -0.493 e. The molecule has 0 fully saturated rings. The highest BCUT2D eigenvalue weighted by Crippen LogP contribution is 2.33. The van der Waals surface area contributed by atoms with Crippen LogP contribution in [0.1, 0.15) is 23.6 Å². The van der Waals surface area contributed by atoms with E-state index in [9.17, 15) is 0 Å². The zero-order valence-corrected chi connectivity index (χ0v) is 11.8. The summed E-state index contributed by atoms with van der Waals surface area (Å²) >= 11 is 5.72. The molecule has 0 radical (unpaired) electrons. The van der Waals surface area contributed by atoms with Gasteiger partial charge < -0.3 is 9.47 Å². The molecular formula is C16H16ClNO2. The van der Waals surface area contributed by atoms with E-state index in [1.165, 1.54) is 5.56 Å². The molecule has 0 saturated carbocycles. The zero-order chi connectivity index (χ0) is 13.8. The molecule has 1 unspecified atom stereocenters. The fourth-order valence-corrected chi connectivity index (χ4v) is 2.52. The van der Waals surface area contributed by atoms with Crippen LogP contribution < -0.4 is 9.47 Å². The third kappa shape index (κ3) is 2.88. The lowest BCUT2D eigenvalue weighted by atomic mass is 9.94. The lowest BCUT2D eigenvalue weighted by Gasteiger charge is -2.25. The van der Waals surface area contributed by atoms with Crippen LogP contribution in [0.4, 0.5) is 0 Å². The van der Waals surface area contributed by atoms with Crippen molar-refractivity contribution in [3.8, 4) is 11.5 Å². The van der Waals surface area contributed by atoms with Gasteiger partial charge in [0.2, 0.25) is 0 Å². The summed E-state index contributed by atoms with van der Waals surface area (Å²) in [4.78, 5) is 4.22. The summed E-state index contributed by atoms with van der Waals surface area (Å²) < 4.78 is 11.5. The van der Waals surface area contributed by atoms with Gasteiger partial charge in [-0.25, -0.2) is 0 Å². The van der Waals surface area contributed by atoms with E-state index in [0.29, 0.717) is 18.4 Å². The Morgan fingerprint density at radius 3 is 2.95 bits per heavy atom. The molecule has 0 saturated heterocycles. The first-order chi connectivity index (χ1) is 9.86. The molecule has 1 aliphatic rings. The highest BCUT2D eigenvalue weighted by Gasteiger charge is 2.21. The van der Waals surface area contributed by atoms with Crippen molar-refractivity contribution < 1.29 is 9.47 Å². The molecule has 2 aromatic rings. The Morgan fingerprint density at radius 2 is 2.15 bits per heavy atom. The number of fused-ring (bicyclic) bond motifs is 1. The lowest BCUT2D eigenvalue weighted by Crippen LogP contribution is -2.19. The Bertz CT molecular complexity index is 571. The summed E-state index contributed by atoms with van der Waals surface area (Å²) in [5.74, 6) is 2.55. The highest BCUT2D eigenvalue weighted by molar-refractivity contribution is 6.16. The maximum atomic E-state index is 5.84. The minimum atomic E-state index is 0.368. The van der Waals surface area contributed by atoms with Gasteiger partial charge in [0.05, 0.1) is 31.0 Å². The van der Waals surface area contributed by atoms with Gasteiger partial charge in [-0.3, -0.25) is 4.98 Å². The monoisotopic (exact) mass is 289 g/mol. The van der Waals surface area contributed by atoms with E-state index in [0.717, 1.165) is 30.2 Å². The summed E-state index contributed by atoms with van der Waals surface area (Å²) in [5, 5.41) is 0. The van der Waals surface area contributed by atoms with Crippen molar-refractivity contribution in [2.75, 3.05) is 13.2 Å². The van der Waals surface area contributed by atoms with Crippen LogP contribution in [0.5, 0.6) is 11.5 Å². The third-order valence-electron chi connectivity index (χ3n) is 3.47. The van der Waals surface area contributed by atoms with Crippen LogP contribution in [0.25, 0.3) is 0 Å². The third-order valence-corrected chi connectivity index (χ3v) is 3.74. The zero-order valence-electron chi connectivity index (χ0n) is 11.1. The molecule has 0 aliphatic carbocycles. The minimum absolute atomic E-state index is 0.368. The van der Waals surface area contributed by atoms with Crippen molar-refractivity contribution in [2.24, 2.45) is 0 Å². The molecule has 2 heterocycles. The number of nitrogens with zero attached hydrogens (tertiary/aromatic N) is 1. The Hall–Kier alpha value is -1.74. The van der Waals surface area contributed by atoms with E-state index in [2.05, 4.69) is 11.1 Å². The first-order valence-corrected chi connectivity index (χ1v) is 7.25. The second kappa shape index (κ2) is 6.14. The highest BCUT2D eigenvalue weighted by atomic mass is 35.5. The van der Waals surface area contributed by atoms with Crippen LogP contribution >= 0.6 is 11.6 Å². The van der Waals surface area contributed by atoms with Gasteiger partial charge in [-0.1, -0.05) is 18.2 Å². The van der Waals surface area contributed by atoms with E-state index in [1.54, 1.807) is 6.20 Å². The molecule has 0 spiro atoms. The number of hydrogen-bond donors (Lipinski definition) is 0. The lowest BCUT2D eigenvalue weighted by molar-refractivity contribution is 0.217. The largest absolute Gasteiger partial charge is 0.493 e. The molecule has 1 aliphatic heterocycles. The van der Waals surface area contributed by atoms with Crippen LogP contribution in [0.3, 0.4) is 0 Å². The number of ether oxygens (including phenoxy) is 2. The van der Waals surface area contributed by atoms with E-state index >= 15 is 0 Å². The van der Waals surface area contributed by atoms with Gasteiger partial charge in [0, 0.05) is 11.5 Å². The Morgan fingerprint density at radius 1 is 1.25 bits per heavy atom. The molecule has 0 amide bonds. The number of alkyl halides is 1. The second-order valence-electron chi connectivity index (χ2n) is 4.80. The SMILES string of the molecule is ClCc1ccc(OCC2CCOc3ccccc32)cn1. The van der Waals surface area contributed by atoms with Crippen LogP contribution in [0, 0.1) is 0 Å². The van der Waals surface area contributed by atoms with Gasteiger partial charge in [-0.2, -0.15) is 0 Å². The molecule has 20 heavy (non-hydrogen) atoms. The molecule has 104 valence electrons. The number of halogens is 1. The van der Waals surface area contributed by atoms with Gasteiger partial charge in [-0.15, -0.1) is 11.6 Å². The maximum Gasteiger partial charge on any atom is 0.137 e. The fourth-order valence-electron chi connectivity index (χ4n) is 2.36. The van der Waals surface area contributed by atoms with Crippen LogP contribution in [-0.4, -0.2) is 18.2 Å². The molecular weight excluding hydrogens is 274 g/mol. The smallest absolute Gasteiger partial charge is 0.137 e. The van der Waals surface area contributed by atoms with Crippen molar-refractivity contribution in [1.29, 1.82) is 0 Å². The van der Waals surface area contributed by atoms with Crippen LogP contribution in [-0.2, 0) is 5.88 Å². The van der Waals surface area contributed by atoms with Crippen LogP contribution in [0.15, 0.2) is 42.6 Å². The first-order valence-electron chi connectivity index (χ1n) is 6.72. The van der Waals surface area contributed by atoms with E-state index in [1.807, 2.05) is 30.3 Å². The average Bonchev–Trinajstić information content (AvgIpc) is 2.53. The molecule has 0 bridgehead atoms. The number of pyridine rings is 1. The standard InChI is InChI=1S/C16H16ClNO2/c17-9-13-5-6-14(10-18-13)20-11-12-7-8-19-16-4-2-1-3-15(12)16/h1-6,10,12H,7-9,11H2. The normalized spacial score (nSPS) is 17.1. The first kappa shape index (κ1) is 13.3. The number of rotatable bonds is 4. The summed E-state index contributed by atoms with van der Waals surface area (Å²) in [6.07, 6.45) is 2.70. The second-order valence-corrected chi connectivity index (χ2v) is 5.07. The molecule has 3 nitrogen and oxygen atoms in total. The quantitative estimate of drug-likeness (QED) is 0.803.